The second kappa shape index (κ2) is 7.68. The van der Waals surface area contributed by atoms with Gasteiger partial charge in [-0.1, -0.05) is 30.3 Å². The Morgan fingerprint density at radius 1 is 1.28 bits per heavy atom. The summed E-state index contributed by atoms with van der Waals surface area (Å²) in [4.78, 5) is 4.55. The molecule has 1 aliphatic carbocycles. The van der Waals surface area contributed by atoms with Gasteiger partial charge in [-0.3, -0.25) is 0 Å². The maximum absolute atomic E-state index is 14.1. The van der Waals surface area contributed by atoms with Crippen molar-refractivity contribution in [3.63, 3.8) is 0 Å². The molecule has 5 nitrogen and oxygen atoms in total. The van der Waals surface area contributed by atoms with Gasteiger partial charge in [-0.05, 0) is 37.8 Å². The van der Waals surface area contributed by atoms with Gasteiger partial charge in [0.15, 0.2) is 11.7 Å². The van der Waals surface area contributed by atoms with Crippen molar-refractivity contribution in [1.29, 1.82) is 0 Å². The molecule has 0 atom stereocenters. The van der Waals surface area contributed by atoms with Crippen LogP contribution in [0.25, 0.3) is 0 Å². The lowest BCUT2D eigenvalue weighted by Gasteiger charge is -2.19. The van der Waals surface area contributed by atoms with Gasteiger partial charge in [-0.25, -0.2) is 9.38 Å². The van der Waals surface area contributed by atoms with E-state index in [-0.39, 0.29) is 11.2 Å². The zero-order valence-corrected chi connectivity index (χ0v) is 14.8. The van der Waals surface area contributed by atoms with Crippen LogP contribution in [0.2, 0.25) is 0 Å². The van der Waals surface area contributed by atoms with Crippen LogP contribution in [-0.2, 0) is 18.4 Å². The number of rotatable bonds is 7. The molecule has 2 N–H and O–H groups in total. The molecule has 0 aliphatic heterocycles. The molecule has 0 unspecified atom stereocenters. The number of halogens is 1. The molecule has 0 bridgehead atoms. The van der Waals surface area contributed by atoms with E-state index in [2.05, 4.69) is 20.8 Å². The highest BCUT2D eigenvalue weighted by molar-refractivity contribution is 5.79. The van der Waals surface area contributed by atoms with E-state index in [0.717, 1.165) is 42.8 Å². The highest BCUT2D eigenvalue weighted by Crippen LogP contribution is 2.48. The number of nitrogens with zero attached hydrogens (tertiary/aromatic N) is 2. The fraction of sp³-hybridized carbons (Fsp3) is 0.474. The number of aromatic nitrogens is 1. The van der Waals surface area contributed by atoms with Crippen LogP contribution >= 0.6 is 0 Å². The average molecular weight is 344 g/mol. The summed E-state index contributed by atoms with van der Waals surface area (Å²) in [6, 6.07) is 8.97. The molecule has 0 spiro atoms. The average Bonchev–Trinajstić information content (AvgIpc) is 3.27. The van der Waals surface area contributed by atoms with Gasteiger partial charge in [-0.2, -0.15) is 0 Å². The van der Waals surface area contributed by atoms with Gasteiger partial charge in [0.1, 0.15) is 12.4 Å². The molecular formula is C19H25FN4O. The number of nitrogens with one attached hydrogen (secondary N) is 2. The van der Waals surface area contributed by atoms with Crippen LogP contribution in [-0.4, -0.2) is 24.2 Å². The molecule has 1 saturated carbocycles. The maximum Gasteiger partial charge on any atom is 0.191 e. The summed E-state index contributed by atoms with van der Waals surface area (Å²) in [6.45, 7) is 5.90. The van der Waals surface area contributed by atoms with Crippen molar-refractivity contribution in [2.45, 2.75) is 45.1 Å². The Balaban J connectivity index is 1.64. The predicted molar refractivity (Wildman–Crippen MR) is 96.0 cm³/mol. The molecule has 3 rings (SSSR count). The number of hydrogen-bond acceptors (Lipinski definition) is 3. The van der Waals surface area contributed by atoms with E-state index in [4.69, 9.17) is 4.52 Å². The zero-order chi connectivity index (χ0) is 17.7. The topological polar surface area (TPSA) is 62.5 Å². The maximum atomic E-state index is 14.1. The minimum absolute atomic E-state index is 0.122. The summed E-state index contributed by atoms with van der Waals surface area (Å²) in [5, 5.41) is 10.5. The largest absolute Gasteiger partial charge is 0.359 e. The van der Waals surface area contributed by atoms with E-state index in [0.29, 0.717) is 19.0 Å². The Hall–Kier alpha value is -2.37. The number of hydrogen-bond donors (Lipinski definition) is 2. The van der Waals surface area contributed by atoms with Crippen molar-refractivity contribution in [2.24, 2.45) is 4.99 Å². The van der Waals surface area contributed by atoms with Gasteiger partial charge in [0.25, 0.3) is 0 Å². The molecule has 1 heterocycles. The summed E-state index contributed by atoms with van der Waals surface area (Å²) in [6.07, 6.45) is 2.82. The fourth-order valence-electron chi connectivity index (χ4n) is 2.93. The fourth-order valence-corrected chi connectivity index (χ4v) is 2.93. The minimum Gasteiger partial charge on any atom is -0.359 e. The summed E-state index contributed by atoms with van der Waals surface area (Å²) in [5.74, 6) is 1.32. The third-order valence-corrected chi connectivity index (χ3v) is 4.60. The highest BCUT2D eigenvalue weighted by Gasteiger charge is 2.45. The van der Waals surface area contributed by atoms with Gasteiger partial charge in [0.2, 0.25) is 0 Å². The smallest absolute Gasteiger partial charge is 0.191 e. The third kappa shape index (κ3) is 4.18. The van der Waals surface area contributed by atoms with Crippen molar-refractivity contribution in [2.75, 3.05) is 13.1 Å². The van der Waals surface area contributed by atoms with Crippen molar-refractivity contribution in [1.82, 2.24) is 15.8 Å². The lowest BCUT2D eigenvalue weighted by Crippen LogP contribution is -2.41. The van der Waals surface area contributed by atoms with Crippen LogP contribution in [0.3, 0.4) is 0 Å². The predicted octanol–water partition coefficient (Wildman–Crippen LogP) is 3.16. The molecule has 134 valence electrons. The lowest BCUT2D eigenvalue weighted by molar-refractivity contribution is 0.379. The van der Waals surface area contributed by atoms with Crippen molar-refractivity contribution in [3.8, 4) is 0 Å². The van der Waals surface area contributed by atoms with Crippen LogP contribution in [0.1, 0.15) is 43.7 Å². The molecule has 0 radical (unpaired) electrons. The number of aryl methyl sites for hydroxylation is 1. The monoisotopic (exact) mass is 344 g/mol. The Morgan fingerprint density at radius 2 is 2.08 bits per heavy atom. The molecule has 1 fully saturated rings. The first-order valence-electron chi connectivity index (χ1n) is 8.88. The quantitative estimate of drug-likeness (QED) is 0.598. The summed E-state index contributed by atoms with van der Waals surface area (Å²) in [7, 11) is 0. The first-order chi connectivity index (χ1) is 12.2. The van der Waals surface area contributed by atoms with Gasteiger partial charge in [-0.15, -0.1) is 0 Å². The van der Waals surface area contributed by atoms with Crippen molar-refractivity contribution >= 4 is 5.96 Å². The summed E-state index contributed by atoms with van der Waals surface area (Å²) < 4.78 is 19.4. The van der Waals surface area contributed by atoms with E-state index in [9.17, 15) is 4.39 Å². The molecule has 0 amide bonds. The third-order valence-electron chi connectivity index (χ3n) is 4.60. The molecule has 25 heavy (non-hydrogen) atoms. The molecule has 0 saturated heterocycles. The van der Waals surface area contributed by atoms with Crippen LogP contribution in [0.5, 0.6) is 0 Å². The van der Waals surface area contributed by atoms with Crippen molar-refractivity contribution in [3.05, 3.63) is 53.2 Å². The summed E-state index contributed by atoms with van der Waals surface area (Å²) in [5.41, 5.74) is 1.60. The Kier molecular flexibility index (Phi) is 5.36. The number of aliphatic imine (C=N–C) groups is 1. The number of benzene rings is 1. The minimum atomic E-state index is -0.127. The van der Waals surface area contributed by atoms with E-state index in [1.54, 1.807) is 6.07 Å². The van der Waals surface area contributed by atoms with Crippen LogP contribution in [0.4, 0.5) is 4.39 Å². The van der Waals surface area contributed by atoms with E-state index in [1.807, 2.05) is 32.0 Å². The van der Waals surface area contributed by atoms with Gasteiger partial charge < -0.3 is 15.2 Å². The summed E-state index contributed by atoms with van der Waals surface area (Å²) >= 11 is 0. The Bertz CT molecular complexity index is 737. The molecular weight excluding hydrogens is 319 g/mol. The van der Waals surface area contributed by atoms with E-state index < -0.39 is 0 Å². The van der Waals surface area contributed by atoms with Gasteiger partial charge in [0, 0.05) is 24.6 Å². The second-order valence-electron chi connectivity index (χ2n) is 6.45. The Labute approximate surface area is 147 Å². The number of guanidine groups is 1. The molecule has 1 aromatic heterocycles. The first-order valence-corrected chi connectivity index (χ1v) is 8.88. The van der Waals surface area contributed by atoms with Gasteiger partial charge in [0.05, 0.1) is 5.69 Å². The zero-order valence-electron chi connectivity index (χ0n) is 14.8. The Morgan fingerprint density at radius 3 is 2.72 bits per heavy atom. The van der Waals surface area contributed by atoms with Crippen LogP contribution in [0, 0.1) is 5.82 Å². The lowest BCUT2D eigenvalue weighted by atomic mass is 9.95. The molecule has 2 aromatic rings. The van der Waals surface area contributed by atoms with Crippen LogP contribution in [0.15, 0.2) is 39.8 Å². The normalized spacial score (nSPS) is 15.9. The van der Waals surface area contributed by atoms with Crippen LogP contribution < -0.4 is 10.6 Å². The SMILES string of the molecule is CCNC(=NCc1cc(CC)no1)NCC1(c2ccccc2F)CC1. The second-order valence-corrected chi connectivity index (χ2v) is 6.45. The highest BCUT2D eigenvalue weighted by atomic mass is 19.1. The molecule has 1 aliphatic rings. The van der Waals surface area contributed by atoms with E-state index >= 15 is 0 Å². The molecule has 6 heteroatoms. The first kappa shape index (κ1) is 17.5. The van der Waals surface area contributed by atoms with Gasteiger partial charge >= 0.3 is 0 Å². The van der Waals surface area contributed by atoms with Crippen molar-refractivity contribution < 1.29 is 8.91 Å². The van der Waals surface area contributed by atoms with E-state index in [1.165, 1.54) is 6.07 Å². The molecule has 1 aromatic carbocycles. The standard InChI is InChI=1S/C19H25FN4O/c1-3-14-11-15(25-24-14)12-22-18(21-4-2)23-13-19(9-10-19)16-7-5-6-8-17(16)20/h5-8,11H,3-4,9-10,12-13H2,1-2H3,(H2,21,22,23).